The van der Waals surface area contributed by atoms with Crippen LogP contribution >= 0.6 is 15.9 Å². The van der Waals surface area contributed by atoms with Gasteiger partial charge in [0.2, 0.25) is 5.91 Å². The summed E-state index contributed by atoms with van der Waals surface area (Å²) in [6.07, 6.45) is 1.83. The Bertz CT molecular complexity index is 752. The number of likely N-dealkylation sites (N-methyl/N-ethyl adjacent to an activating group) is 2. The molecule has 1 fully saturated rings. The summed E-state index contributed by atoms with van der Waals surface area (Å²) in [6.45, 7) is 1.57. The lowest BCUT2D eigenvalue weighted by molar-refractivity contribution is -0.128. The van der Waals surface area contributed by atoms with Gasteiger partial charge >= 0.3 is 0 Å². The van der Waals surface area contributed by atoms with Crippen molar-refractivity contribution in [2.45, 2.75) is 5.41 Å². The summed E-state index contributed by atoms with van der Waals surface area (Å²) in [4.78, 5) is 21.1. The zero-order valence-corrected chi connectivity index (χ0v) is 12.9. The Morgan fingerprint density at radius 2 is 2.05 bits per heavy atom. The summed E-state index contributed by atoms with van der Waals surface area (Å²) < 4.78 is 1.02. The second kappa shape index (κ2) is 3.80. The van der Waals surface area contributed by atoms with Gasteiger partial charge in [-0.25, -0.2) is 0 Å². The lowest BCUT2D eigenvalue weighted by Gasteiger charge is -2.45. The Labute approximate surface area is 125 Å². The van der Waals surface area contributed by atoms with Crippen molar-refractivity contribution >= 4 is 38.4 Å². The van der Waals surface area contributed by atoms with E-state index in [9.17, 15) is 4.79 Å². The maximum atomic E-state index is 12.7. The minimum atomic E-state index is -0.374. The normalized spacial score (nSPS) is 20.6. The first-order chi connectivity index (χ1) is 9.53. The van der Waals surface area contributed by atoms with Crippen molar-refractivity contribution < 1.29 is 4.79 Å². The van der Waals surface area contributed by atoms with Gasteiger partial charge in [-0.05, 0) is 25.2 Å². The summed E-state index contributed by atoms with van der Waals surface area (Å²) in [7, 11) is 3.90. The molecule has 1 saturated heterocycles. The van der Waals surface area contributed by atoms with Crippen LogP contribution in [0, 0.1) is 0 Å². The van der Waals surface area contributed by atoms with Crippen molar-refractivity contribution in [2.75, 3.05) is 32.1 Å². The van der Waals surface area contributed by atoms with E-state index in [1.54, 1.807) is 4.90 Å². The highest BCUT2D eigenvalue weighted by molar-refractivity contribution is 9.10. The lowest BCUT2D eigenvalue weighted by Crippen LogP contribution is -2.62. The minimum absolute atomic E-state index is 0.194. The molecule has 2 aliphatic rings. The average molecular weight is 332 g/mol. The van der Waals surface area contributed by atoms with Crippen LogP contribution in [-0.4, -0.2) is 43.0 Å². The summed E-state index contributed by atoms with van der Waals surface area (Å²) in [5.74, 6) is 0.194. The smallest absolute Gasteiger partial charge is 0.240 e. The quantitative estimate of drug-likeness (QED) is 0.742. The van der Waals surface area contributed by atoms with Gasteiger partial charge in [0.1, 0.15) is 5.41 Å². The number of amides is 1. The Balaban J connectivity index is 2.07. The third kappa shape index (κ3) is 1.34. The van der Waals surface area contributed by atoms with Crippen LogP contribution in [0.5, 0.6) is 0 Å². The highest BCUT2D eigenvalue weighted by atomic mass is 79.9. The number of carbonyl (C=O) groups excluding carboxylic acids is 1. The number of fused-ring (bicyclic) bond motifs is 4. The summed E-state index contributed by atoms with van der Waals surface area (Å²) in [5.41, 5.74) is 2.67. The molecule has 0 radical (unpaired) electrons. The van der Waals surface area contributed by atoms with Crippen molar-refractivity contribution in [1.29, 1.82) is 0 Å². The summed E-state index contributed by atoms with van der Waals surface area (Å²) in [5, 5.41) is 1.09. The monoisotopic (exact) mass is 331 g/mol. The van der Waals surface area contributed by atoms with Crippen LogP contribution in [-0.2, 0) is 10.2 Å². The number of pyridine rings is 1. The van der Waals surface area contributed by atoms with Crippen LogP contribution in [0.4, 0.5) is 5.69 Å². The predicted molar refractivity (Wildman–Crippen MR) is 82.0 cm³/mol. The number of hydrogen-bond donors (Lipinski definition) is 0. The fourth-order valence-corrected chi connectivity index (χ4v) is 3.98. The van der Waals surface area contributed by atoms with Crippen LogP contribution in [0.1, 0.15) is 5.56 Å². The van der Waals surface area contributed by atoms with E-state index in [0.29, 0.717) is 0 Å². The second-order valence-corrected chi connectivity index (χ2v) is 6.71. The van der Waals surface area contributed by atoms with Gasteiger partial charge in [0.15, 0.2) is 0 Å². The number of rotatable bonds is 0. The van der Waals surface area contributed by atoms with E-state index in [2.05, 4.69) is 38.9 Å². The Kier molecular flexibility index (Phi) is 2.34. The highest BCUT2D eigenvalue weighted by Gasteiger charge is 2.57. The maximum Gasteiger partial charge on any atom is 0.240 e. The molecule has 1 spiro atoms. The number of anilines is 1. The van der Waals surface area contributed by atoms with Gasteiger partial charge in [-0.2, -0.15) is 0 Å². The molecule has 4 nitrogen and oxygen atoms in total. The van der Waals surface area contributed by atoms with Gasteiger partial charge in [-0.15, -0.1) is 0 Å². The number of halogens is 1. The van der Waals surface area contributed by atoms with Crippen molar-refractivity contribution in [3.8, 4) is 0 Å². The van der Waals surface area contributed by atoms with Gasteiger partial charge in [0.25, 0.3) is 0 Å². The number of likely N-dealkylation sites (tertiary alicyclic amines) is 1. The fourth-order valence-electron chi connectivity index (χ4n) is 3.62. The fraction of sp³-hybridized carbons (Fsp3) is 0.333. The number of hydrogen-bond acceptors (Lipinski definition) is 3. The van der Waals surface area contributed by atoms with Gasteiger partial charge < -0.3 is 9.80 Å². The molecule has 0 aliphatic carbocycles. The Morgan fingerprint density at radius 1 is 1.30 bits per heavy atom. The van der Waals surface area contributed by atoms with Crippen molar-refractivity contribution in [3.63, 3.8) is 0 Å². The molecule has 1 aromatic carbocycles. The number of carbonyl (C=O) groups is 1. The van der Waals surface area contributed by atoms with Crippen molar-refractivity contribution in [2.24, 2.45) is 0 Å². The van der Waals surface area contributed by atoms with E-state index < -0.39 is 0 Å². The molecule has 0 atom stereocenters. The molecule has 102 valence electrons. The molecular formula is C15H14BrN3O. The molecule has 0 saturated carbocycles. The van der Waals surface area contributed by atoms with Gasteiger partial charge in [-0.1, -0.05) is 15.9 Å². The van der Waals surface area contributed by atoms with E-state index >= 15 is 0 Å². The molecule has 2 aliphatic heterocycles. The zero-order valence-electron chi connectivity index (χ0n) is 11.4. The first kappa shape index (κ1) is 12.3. The van der Waals surface area contributed by atoms with Crippen LogP contribution in [0.15, 0.2) is 28.9 Å². The molecule has 20 heavy (non-hydrogen) atoms. The van der Waals surface area contributed by atoms with E-state index in [1.165, 1.54) is 0 Å². The third-order valence-electron chi connectivity index (χ3n) is 4.44. The first-order valence-electron chi connectivity index (χ1n) is 6.58. The number of nitrogens with zero attached hydrogens (tertiary/aromatic N) is 3. The predicted octanol–water partition coefficient (Wildman–Crippen LogP) is 2.16. The van der Waals surface area contributed by atoms with Crippen molar-refractivity contribution in [1.82, 2.24) is 9.88 Å². The Hall–Kier alpha value is -1.46. The number of aromatic nitrogens is 1. The third-order valence-corrected chi connectivity index (χ3v) is 4.94. The molecule has 3 heterocycles. The molecule has 1 amide bonds. The molecule has 0 bridgehead atoms. The molecule has 1 aromatic heterocycles. The zero-order chi connectivity index (χ0) is 14.1. The van der Waals surface area contributed by atoms with E-state index in [1.807, 2.05) is 25.4 Å². The van der Waals surface area contributed by atoms with Crippen LogP contribution in [0.3, 0.4) is 0 Å². The first-order valence-corrected chi connectivity index (χ1v) is 7.38. The van der Waals surface area contributed by atoms with Crippen LogP contribution in [0.2, 0.25) is 0 Å². The van der Waals surface area contributed by atoms with E-state index in [4.69, 9.17) is 0 Å². The summed E-state index contributed by atoms with van der Waals surface area (Å²) in [6, 6.07) is 6.06. The minimum Gasteiger partial charge on any atom is -0.313 e. The number of benzene rings is 1. The molecule has 4 rings (SSSR count). The maximum absolute atomic E-state index is 12.7. The molecular weight excluding hydrogens is 318 g/mol. The Morgan fingerprint density at radius 3 is 2.75 bits per heavy atom. The van der Waals surface area contributed by atoms with Crippen LogP contribution < -0.4 is 4.90 Å². The lowest BCUT2D eigenvalue weighted by atomic mass is 9.74. The standard InChI is InChI=1S/C15H14BrN3O/c1-18-7-15(8-18)13-10-5-9(16)3-4-11(10)17-6-12(13)19(2)14(15)20/h3-6H,7-8H2,1-2H3. The molecule has 0 unspecified atom stereocenters. The molecule has 5 heteroatoms. The van der Waals surface area contributed by atoms with E-state index in [-0.39, 0.29) is 11.3 Å². The van der Waals surface area contributed by atoms with Gasteiger partial charge in [-0.3, -0.25) is 9.78 Å². The van der Waals surface area contributed by atoms with Crippen molar-refractivity contribution in [3.05, 3.63) is 34.4 Å². The second-order valence-electron chi connectivity index (χ2n) is 5.80. The molecule has 2 aromatic rings. The van der Waals surface area contributed by atoms with Gasteiger partial charge in [0, 0.05) is 35.6 Å². The molecule has 0 N–H and O–H groups in total. The SMILES string of the molecule is CN1CC2(C1)C(=O)N(C)c1cnc3ccc(Br)cc3c12. The van der Waals surface area contributed by atoms with Gasteiger partial charge in [0.05, 0.1) is 17.4 Å². The largest absolute Gasteiger partial charge is 0.313 e. The highest BCUT2D eigenvalue weighted by Crippen LogP contribution is 2.49. The topological polar surface area (TPSA) is 36.4 Å². The average Bonchev–Trinajstić information content (AvgIpc) is 2.61. The van der Waals surface area contributed by atoms with E-state index in [0.717, 1.165) is 39.7 Å². The van der Waals surface area contributed by atoms with Crippen LogP contribution in [0.25, 0.3) is 10.9 Å². The summed E-state index contributed by atoms with van der Waals surface area (Å²) >= 11 is 3.52.